The maximum absolute atomic E-state index is 12.4. The Labute approximate surface area is 186 Å². The van der Waals surface area contributed by atoms with Gasteiger partial charge in [0.05, 0.1) is 22.2 Å². The molecule has 1 unspecified atom stereocenters. The van der Waals surface area contributed by atoms with Gasteiger partial charge < -0.3 is 35.2 Å². The van der Waals surface area contributed by atoms with Crippen LogP contribution in [0.5, 0.6) is 0 Å². The molecule has 0 radical (unpaired) electrons. The normalized spacial score (nSPS) is 25.6. The van der Waals surface area contributed by atoms with E-state index in [1.807, 2.05) is 0 Å². The van der Waals surface area contributed by atoms with Gasteiger partial charge in [-0.3, -0.25) is 4.79 Å². The lowest BCUT2D eigenvalue weighted by Crippen LogP contribution is -2.60. The lowest BCUT2D eigenvalue weighted by atomic mass is 9.99. The molecule has 0 bridgehead atoms. The van der Waals surface area contributed by atoms with Crippen molar-refractivity contribution < 1.29 is 39.5 Å². The predicted octanol–water partition coefficient (Wildman–Crippen LogP) is 1.71. The molecule has 31 heavy (non-hydrogen) atoms. The van der Waals surface area contributed by atoms with Gasteiger partial charge in [-0.15, -0.1) is 0 Å². The smallest absolute Gasteiger partial charge is 0.335 e. The Hall–Kier alpha value is -2.40. The number of esters is 1. The number of carboxylic acid groups (broad SMARTS) is 1. The van der Waals surface area contributed by atoms with Crippen LogP contribution in [0, 0.1) is 0 Å². The molecule has 2 aromatic carbocycles. The Morgan fingerprint density at radius 2 is 1.61 bits per heavy atom. The third kappa shape index (κ3) is 5.27. The highest BCUT2D eigenvalue weighted by molar-refractivity contribution is 6.39. The number of para-hydroxylation sites is 2. The van der Waals surface area contributed by atoms with Crippen molar-refractivity contribution in [3.05, 3.63) is 58.1 Å². The summed E-state index contributed by atoms with van der Waals surface area (Å²) >= 11 is 12.3. The summed E-state index contributed by atoms with van der Waals surface area (Å²) in [6.45, 7) is 0. The number of nitrogens with one attached hydrogen (secondary N) is 1. The number of aliphatic hydroxyl groups excluding tert-OH is 3. The number of carbonyl (C=O) groups is 2. The van der Waals surface area contributed by atoms with Crippen molar-refractivity contribution in [2.45, 2.75) is 37.1 Å². The van der Waals surface area contributed by atoms with E-state index in [1.54, 1.807) is 42.5 Å². The number of aliphatic carboxylic acids is 1. The predicted molar refractivity (Wildman–Crippen MR) is 110 cm³/mol. The minimum Gasteiger partial charge on any atom is -0.479 e. The standard InChI is InChI=1S/C20H19Cl2NO8/c21-10-5-3-6-11(22)14(10)23-12-7-2-1-4-9(12)8-13(24)30-20-17(27)15(25)16(26)18(31-20)19(28)29/h1-7,15-18,20,23,25-27H,8H2,(H,28,29)/t15-,16-,17+,18-,20?/m0/s1. The number of rotatable bonds is 6. The highest BCUT2D eigenvalue weighted by atomic mass is 35.5. The summed E-state index contributed by atoms with van der Waals surface area (Å²) in [4.78, 5) is 23.6. The van der Waals surface area contributed by atoms with Gasteiger partial charge in [0.15, 0.2) is 6.10 Å². The number of anilines is 2. The summed E-state index contributed by atoms with van der Waals surface area (Å²) in [5.74, 6) is -2.44. The van der Waals surface area contributed by atoms with Crippen molar-refractivity contribution >= 4 is 46.5 Å². The van der Waals surface area contributed by atoms with Gasteiger partial charge in [0, 0.05) is 5.69 Å². The van der Waals surface area contributed by atoms with Crippen LogP contribution in [0.15, 0.2) is 42.5 Å². The third-order valence-electron chi connectivity index (χ3n) is 4.64. The number of halogens is 2. The summed E-state index contributed by atoms with van der Waals surface area (Å²) in [7, 11) is 0. The molecular weight excluding hydrogens is 453 g/mol. The molecule has 0 spiro atoms. The molecule has 1 aliphatic heterocycles. The van der Waals surface area contributed by atoms with E-state index in [9.17, 15) is 24.9 Å². The average molecular weight is 472 g/mol. The molecule has 0 saturated carbocycles. The van der Waals surface area contributed by atoms with Crippen LogP contribution in [0.2, 0.25) is 10.0 Å². The number of carbonyl (C=O) groups excluding carboxylic acids is 1. The van der Waals surface area contributed by atoms with Crippen LogP contribution in [0.3, 0.4) is 0 Å². The van der Waals surface area contributed by atoms with Crippen LogP contribution in [0.4, 0.5) is 11.4 Å². The second-order valence-corrected chi connectivity index (χ2v) is 7.59. The molecule has 1 aliphatic rings. The molecule has 1 heterocycles. The van der Waals surface area contributed by atoms with E-state index in [0.29, 0.717) is 27.0 Å². The molecule has 5 N–H and O–H groups in total. The first kappa shape index (κ1) is 23.3. The Morgan fingerprint density at radius 1 is 0.968 bits per heavy atom. The van der Waals surface area contributed by atoms with Gasteiger partial charge in [-0.2, -0.15) is 0 Å². The lowest BCUT2D eigenvalue weighted by Gasteiger charge is -2.37. The van der Waals surface area contributed by atoms with Crippen molar-refractivity contribution in [3.8, 4) is 0 Å². The SMILES string of the molecule is O=C(Cc1ccccc1Nc1c(Cl)cccc1Cl)OC1O[C@H](C(=O)O)[C@@H](O)[C@H](O)[C@H]1O. The summed E-state index contributed by atoms with van der Waals surface area (Å²) in [6, 6.07) is 11.7. The van der Waals surface area contributed by atoms with Crippen molar-refractivity contribution in [1.82, 2.24) is 0 Å². The van der Waals surface area contributed by atoms with E-state index >= 15 is 0 Å². The molecule has 0 amide bonds. The number of benzene rings is 2. The molecule has 0 aromatic heterocycles. The zero-order valence-electron chi connectivity index (χ0n) is 15.8. The maximum Gasteiger partial charge on any atom is 0.335 e. The molecule has 5 atom stereocenters. The van der Waals surface area contributed by atoms with E-state index in [2.05, 4.69) is 5.32 Å². The van der Waals surface area contributed by atoms with E-state index in [4.69, 9.17) is 37.8 Å². The highest BCUT2D eigenvalue weighted by Crippen LogP contribution is 2.34. The van der Waals surface area contributed by atoms with Crippen molar-refractivity contribution in [2.24, 2.45) is 0 Å². The zero-order chi connectivity index (χ0) is 22.7. The van der Waals surface area contributed by atoms with Crippen LogP contribution >= 0.6 is 23.2 Å². The minimum atomic E-state index is -1.88. The molecule has 11 heteroatoms. The number of hydrogen-bond donors (Lipinski definition) is 5. The van der Waals surface area contributed by atoms with Gasteiger partial charge in [-0.05, 0) is 23.8 Å². The van der Waals surface area contributed by atoms with Gasteiger partial charge in [0.1, 0.15) is 18.3 Å². The van der Waals surface area contributed by atoms with E-state index in [0.717, 1.165) is 0 Å². The summed E-state index contributed by atoms with van der Waals surface area (Å²) < 4.78 is 9.99. The first-order valence-corrected chi connectivity index (χ1v) is 9.85. The number of hydrogen-bond acceptors (Lipinski definition) is 8. The van der Waals surface area contributed by atoms with Crippen LogP contribution in [-0.2, 0) is 25.5 Å². The second kappa shape index (κ2) is 9.82. The van der Waals surface area contributed by atoms with E-state index < -0.39 is 42.6 Å². The lowest BCUT2D eigenvalue weighted by molar-refractivity contribution is -0.286. The van der Waals surface area contributed by atoms with Gasteiger partial charge in [0.25, 0.3) is 0 Å². The Bertz CT molecular complexity index is 952. The fourth-order valence-electron chi connectivity index (χ4n) is 3.02. The Balaban J connectivity index is 1.73. The zero-order valence-corrected chi connectivity index (χ0v) is 17.3. The quantitative estimate of drug-likeness (QED) is 0.397. The fourth-order valence-corrected chi connectivity index (χ4v) is 3.52. The Kier molecular flexibility index (Phi) is 7.37. The first-order valence-electron chi connectivity index (χ1n) is 9.10. The topological polar surface area (TPSA) is 146 Å². The number of ether oxygens (including phenoxy) is 2. The molecule has 9 nitrogen and oxygen atoms in total. The summed E-state index contributed by atoms with van der Waals surface area (Å²) in [5.41, 5.74) is 1.45. The molecule has 3 rings (SSSR count). The average Bonchev–Trinajstić information content (AvgIpc) is 2.72. The second-order valence-electron chi connectivity index (χ2n) is 6.78. The van der Waals surface area contributed by atoms with Crippen LogP contribution in [-0.4, -0.2) is 63.1 Å². The molecule has 0 aliphatic carbocycles. The van der Waals surface area contributed by atoms with Crippen molar-refractivity contribution in [2.75, 3.05) is 5.32 Å². The molecule has 166 valence electrons. The van der Waals surface area contributed by atoms with Crippen molar-refractivity contribution in [1.29, 1.82) is 0 Å². The van der Waals surface area contributed by atoms with Gasteiger partial charge in [0.2, 0.25) is 6.29 Å². The molecular formula is C20H19Cl2NO8. The van der Waals surface area contributed by atoms with Gasteiger partial charge in [-0.25, -0.2) is 4.79 Å². The third-order valence-corrected chi connectivity index (χ3v) is 5.27. The fraction of sp³-hybridized carbons (Fsp3) is 0.300. The summed E-state index contributed by atoms with van der Waals surface area (Å²) in [5, 5.41) is 42.4. The van der Waals surface area contributed by atoms with Crippen LogP contribution in [0.25, 0.3) is 0 Å². The Morgan fingerprint density at radius 3 is 2.26 bits per heavy atom. The van der Waals surface area contributed by atoms with E-state index in [1.165, 1.54) is 0 Å². The highest BCUT2D eigenvalue weighted by Gasteiger charge is 2.48. The van der Waals surface area contributed by atoms with Crippen LogP contribution in [0.1, 0.15) is 5.56 Å². The maximum atomic E-state index is 12.4. The van der Waals surface area contributed by atoms with Gasteiger partial charge in [-0.1, -0.05) is 47.5 Å². The number of aliphatic hydroxyl groups is 3. The van der Waals surface area contributed by atoms with Gasteiger partial charge >= 0.3 is 11.9 Å². The monoisotopic (exact) mass is 471 g/mol. The van der Waals surface area contributed by atoms with E-state index in [-0.39, 0.29) is 6.42 Å². The first-order chi connectivity index (χ1) is 14.7. The van der Waals surface area contributed by atoms with Crippen molar-refractivity contribution in [3.63, 3.8) is 0 Å². The minimum absolute atomic E-state index is 0.284. The molecule has 1 fully saturated rings. The molecule has 2 aromatic rings. The number of carboxylic acids is 1. The van der Waals surface area contributed by atoms with Crippen LogP contribution < -0.4 is 5.32 Å². The molecule has 1 saturated heterocycles. The largest absolute Gasteiger partial charge is 0.479 e. The summed E-state index contributed by atoms with van der Waals surface area (Å²) in [6.07, 6.45) is -9.51.